The van der Waals surface area contributed by atoms with Crippen molar-refractivity contribution in [2.45, 2.75) is 39.0 Å². The van der Waals surface area contributed by atoms with E-state index in [-0.39, 0.29) is 0 Å². The van der Waals surface area contributed by atoms with E-state index in [0.29, 0.717) is 17.0 Å². The molecular weight excluding hydrogens is 238 g/mol. The lowest BCUT2D eigenvalue weighted by Crippen LogP contribution is -1.96. The molecule has 1 nitrogen and oxygen atoms in total. The minimum atomic E-state index is 0.657. The quantitative estimate of drug-likeness (QED) is 0.710. The van der Waals surface area contributed by atoms with E-state index in [2.05, 4.69) is 12.1 Å². The van der Waals surface area contributed by atoms with Gasteiger partial charge >= 0.3 is 0 Å². The third kappa shape index (κ3) is 2.16. The van der Waals surface area contributed by atoms with Gasteiger partial charge in [0.2, 0.25) is 0 Å². The first-order valence-corrected chi connectivity index (χ1v) is 6.86. The molecule has 0 saturated heterocycles. The molecule has 0 spiro atoms. The predicted molar refractivity (Wildman–Crippen MR) is 69.6 cm³/mol. The van der Waals surface area contributed by atoms with Gasteiger partial charge in [-0.05, 0) is 43.7 Å². The third-order valence-corrected chi connectivity index (χ3v) is 4.76. The van der Waals surface area contributed by atoms with E-state index in [1.807, 2.05) is 6.92 Å². The zero-order chi connectivity index (χ0) is 11.5. The van der Waals surface area contributed by atoms with Crippen molar-refractivity contribution < 1.29 is 0 Å². The van der Waals surface area contributed by atoms with E-state index in [0.717, 1.165) is 4.88 Å². The lowest BCUT2D eigenvalue weighted by atomic mass is 9.99. The van der Waals surface area contributed by atoms with Crippen molar-refractivity contribution in [1.29, 1.82) is 5.26 Å². The second kappa shape index (κ2) is 5.03. The summed E-state index contributed by atoms with van der Waals surface area (Å²) < 4.78 is 0. The lowest BCUT2D eigenvalue weighted by molar-refractivity contribution is 0.697. The van der Waals surface area contributed by atoms with Gasteiger partial charge in [-0.25, -0.2) is 0 Å². The first-order chi connectivity index (χ1) is 7.76. The molecule has 16 heavy (non-hydrogen) atoms. The maximum Gasteiger partial charge on any atom is 0.0963 e. The summed E-state index contributed by atoms with van der Waals surface area (Å²) in [5, 5.41) is 9.63. The topological polar surface area (TPSA) is 23.8 Å². The Hall–Kier alpha value is -0.780. The Morgan fingerprint density at radius 3 is 2.88 bits per heavy atom. The molecule has 0 amide bonds. The third-order valence-electron chi connectivity index (χ3n) is 2.97. The molecule has 1 heterocycles. The fourth-order valence-electron chi connectivity index (χ4n) is 2.03. The van der Waals surface area contributed by atoms with Gasteiger partial charge in [0.25, 0.3) is 0 Å². The van der Waals surface area contributed by atoms with Crippen LogP contribution in [0.15, 0.2) is 11.6 Å². The molecule has 0 fully saturated rings. The number of hydrogen-bond acceptors (Lipinski definition) is 2. The van der Waals surface area contributed by atoms with Crippen LogP contribution < -0.4 is 0 Å². The van der Waals surface area contributed by atoms with Crippen LogP contribution in [0.2, 0.25) is 0 Å². The molecule has 0 aromatic carbocycles. The Morgan fingerprint density at radius 1 is 1.50 bits per heavy atom. The van der Waals surface area contributed by atoms with Crippen LogP contribution in [-0.4, -0.2) is 0 Å². The minimum absolute atomic E-state index is 0.657. The van der Waals surface area contributed by atoms with E-state index in [1.165, 1.54) is 36.1 Å². The second-order valence-corrected chi connectivity index (χ2v) is 5.54. The highest BCUT2D eigenvalue weighted by Crippen LogP contribution is 2.36. The molecule has 0 bridgehead atoms. The van der Waals surface area contributed by atoms with Crippen LogP contribution in [0.25, 0.3) is 5.03 Å². The number of aryl methyl sites for hydroxylation is 2. The molecule has 0 N–H and O–H groups in total. The number of nitriles is 1. The average Bonchev–Trinajstić information content (AvgIpc) is 2.74. The van der Waals surface area contributed by atoms with Crippen LogP contribution in [0, 0.1) is 11.3 Å². The predicted octanol–water partition coefficient (Wildman–Crippen LogP) is 4.51. The van der Waals surface area contributed by atoms with E-state index >= 15 is 0 Å². The van der Waals surface area contributed by atoms with Gasteiger partial charge in [0.1, 0.15) is 0 Å². The molecular formula is C13H14ClNS. The van der Waals surface area contributed by atoms with Crippen molar-refractivity contribution in [3.8, 4) is 6.07 Å². The fraction of sp³-hybridized carbons (Fsp3) is 0.462. The smallest absolute Gasteiger partial charge is 0.0963 e. The molecule has 2 rings (SSSR count). The molecule has 84 valence electrons. The monoisotopic (exact) mass is 251 g/mol. The number of thiophene rings is 1. The van der Waals surface area contributed by atoms with Gasteiger partial charge < -0.3 is 0 Å². The molecule has 3 heteroatoms. The van der Waals surface area contributed by atoms with Crippen LogP contribution in [0.5, 0.6) is 0 Å². The number of rotatable bonds is 2. The molecule has 0 unspecified atom stereocenters. The molecule has 1 aromatic heterocycles. The van der Waals surface area contributed by atoms with Crippen LogP contribution in [0.1, 0.15) is 41.5 Å². The van der Waals surface area contributed by atoms with Gasteiger partial charge in [-0.15, -0.1) is 11.3 Å². The Bertz CT molecular complexity index is 441. The Labute approximate surface area is 105 Å². The van der Waals surface area contributed by atoms with E-state index in [9.17, 15) is 0 Å². The molecule has 1 aliphatic rings. The minimum Gasteiger partial charge on any atom is -0.193 e. The summed E-state index contributed by atoms with van der Waals surface area (Å²) in [5.74, 6) is 0. The van der Waals surface area contributed by atoms with Gasteiger partial charge in [0.15, 0.2) is 0 Å². The SMILES string of the molecule is CCC(C#N)=C(Cl)c1cc2c(s1)CCCC2. The van der Waals surface area contributed by atoms with Crippen molar-refractivity contribution in [2.24, 2.45) is 0 Å². The molecule has 1 aliphatic carbocycles. The van der Waals surface area contributed by atoms with Gasteiger partial charge in [-0.1, -0.05) is 18.5 Å². The summed E-state index contributed by atoms with van der Waals surface area (Å²) in [6.45, 7) is 1.97. The second-order valence-electron chi connectivity index (χ2n) is 4.02. The van der Waals surface area contributed by atoms with Crippen molar-refractivity contribution >= 4 is 28.0 Å². The largest absolute Gasteiger partial charge is 0.193 e. The molecule has 0 atom stereocenters. The molecule has 0 radical (unpaired) electrons. The normalized spacial score (nSPS) is 16.3. The van der Waals surface area contributed by atoms with E-state index in [4.69, 9.17) is 16.9 Å². The number of nitrogens with zero attached hydrogens (tertiary/aromatic N) is 1. The number of halogens is 1. The van der Waals surface area contributed by atoms with Crippen LogP contribution >= 0.6 is 22.9 Å². The van der Waals surface area contributed by atoms with E-state index in [1.54, 1.807) is 11.3 Å². The first kappa shape index (κ1) is 11.7. The van der Waals surface area contributed by atoms with Crippen molar-refractivity contribution in [3.63, 3.8) is 0 Å². The Morgan fingerprint density at radius 2 is 2.25 bits per heavy atom. The highest BCUT2D eigenvalue weighted by Gasteiger charge is 2.16. The highest BCUT2D eigenvalue weighted by molar-refractivity contribution is 7.14. The summed E-state index contributed by atoms with van der Waals surface area (Å²) in [5.41, 5.74) is 2.14. The van der Waals surface area contributed by atoms with Gasteiger partial charge in [0, 0.05) is 15.3 Å². The van der Waals surface area contributed by atoms with Gasteiger partial charge in [-0.3, -0.25) is 0 Å². The van der Waals surface area contributed by atoms with E-state index < -0.39 is 0 Å². The number of hydrogen-bond donors (Lipinski definition) is 0. The number of allylic oxidation sites excluding steroid dienone is 1. The maximum absolute atomic E-state index is 8.97. The van der Waals surface area contributed by atoms with Crippen molar-refractivity contribution in [1.82, 2.24) is 0 Å². The molecule has 1 aromatic rings. The van der Waals surface area contributed by atoms with Crippen LogP contribution in [0.4, 0.5) is 0 Å². The van der Waals surface area contributed by atoms with Crippen LogP contribution in [0.3, 0.4) is 0 Å². The summed E-state index contributed by atoms with van der Waals surface area (Å²) in [6, 6.07) is 4.36. The van der Waals surface area contributed by atoms with Gasteiger partial charge in [-0.2, -0.15) is 5.26 Å². The van der Waals surface area contributed by atoms with Gasteiger partial charge in [0.05, 0.1) is 11.1 Å². The summed E-state index contributed by atoms with van der Waals surface area (Å²) in [7, 11) is 0. The summed E-state index contributed by atoms with van der Waals surface area (Å²) in [6.07, 6.45) is 5.62. The standard InChI is InChI=1S/C13H14ClNS/c1-2-9(8-15)13(14)12-7-10-5-3-4-6-11(10)16-12/h7H,2-6H2,1H3. The lowest BCUT2D eigenvalue weighted by Gasteiger charge is -2.08. The number of fused-ring (bicyclic) bond motifs is 1. The Balaban J connectivity index is 2.38. The van der Waals surface area contributed by atoms with Crippen molar-refractivity contribution in [3.05, 3.63) is 27.0 Å². The first-order valence-electron chi connectivity index (χ1n) is 5.67. The summed E-state index contributed by atoms with van der Waals surface area (Å²) >= 11 is 8.02. The average molecular weight is 252 g/mol. The molecule has 0 aliphatic heterocycles. The summed E-state index contributed by atoms with van der Waals surface area (Å²) in [4.78, 5) is 2.54. The fourth-order valence-corrected chi connectivity index (χ4v) is 3.59. The maximum atomic E-state index is 8.97. The zero-order valence-electron chi connectivity index (χ0n) is 9.35. The Kier molecular flexibility index (Phi) is 3.68. The van der Waals surface area contributed by atoms with Crippen molar-refractivity contribution in [2.75, 3.05) is 0 Å². The highest BCUT2D eigenvalue weighted by atomic mass is 35.5. The zero-order valence-corrected chi connectivity index (χ0v) is 10.9. The molecule has 0 saturated carbocycles. The van der Waals surface area contributed by atoms with Crippen LogP contribution in [-0.2, 0) is 12.8 Å².